The van der Waals surface area contributed by atoms with Crippen LogP contribution in [-0.4, -0.2) is 107 Å². The molecule has 2 aromatic rings. The van der Waals surface area contributed by atoms with E-state index in [0.717, 1.165) is 0 Å². The molecule has 0 amide bonds. The van der Waals surface area contributed by atoms with Gasteiger partial charge in [0.15, 0.2) is 47.8 Å². The van der Waals surface area contributed by atoms with Crippen LogP contribution in [0.5, 0.6) is 5.75 Å². The molecule has 4 saturated heterocycles. The minimum absolute atomic E-state index is 0.00453. The highest BCUT2D eigenvalue weighted by Crippen LogP contribution is 2.46. The standard InChI is InChI=1S/C43H46O14/c1-18-26(44)10-12-33(51-18)55-29-11-13-34(52-20(29)3)57-43(5)16-22-6-7-24-36(35(22)28(46)17-43)39(48)25-9-8-23(38(47)37(25)40(24)49)30-15-31-41(21(4)50-30)56-42-32(54-31)14-27(45)19(2)53-42/h6-10,12,18-21,29-34,41-42,47H,11,13-17H2,1-5H3/t18-,19-,20-,21+,29-,30+,31-,32-,33-,34-,41+,42-,43+/m0/s1. The molecule has 57 heavy (non-hydrogen) atoms. The Labute approximate surface area is 329 Å². The fourth-order valence-corrected chi connectivity index (χ4v) is 9.46. The molecule has 302 valence electrons. The lowest BCUT2D eigenvalue weighted by atomic mass is 9.73. The Hall–Kier alpha value is -3.99. The van der Waals surface area contributed by atoms with Gasteiger partial charge in [-0.25, -0.2) is 0 Å². The third kappa shape index (κ3) is 6.73. The number of hydrogen-bond donors (Lipinski definition) is 1. The Morgan fingerprint density at radius 2 is 1.51 bits per heavy atom. The Bertz CT molecular complexity index is 2090. The summed E-state index contributed by atoms with van der Waals surface area (Å²) in [4.78, 5) is 66.5. The van der Waals surface area contributed by atoms with E-state index in [4.69, 9.17) is 37.9 Å². The average molecular weight is 787 g/mol. The van der Waals surface area contributed by atoms with Gasteiger partial charge in [-0.15, -0.1) is 0 Å². The second-order valence-electron chi connectivity index (χ2n) is 16.6. The van der Waals surface area contributed by atoms with Gasteiger partial charge in [-0.2, -0.15) is 0 Å². The highest BCUT2D eigenvalue weighted by atomic mass is 16.7. The molecule has 2 aromatic carbocycles. The molecule has 9 rings (SSSR count). The summed E-state index contributed by atoms with van der Waals surface area (Å²) in [5.41, 5.74) is 0.108. The summed E-state index contributed by atoms with van der Waals surface area (Å²) < 4.78 is 49.0. The van der Waals surface area contributed by atoms with Gasteiger partial charge in [0.05, 0.1) is 41.7 Å². The Morgan fingerprint density at radius 3 is 2.28 bits per heavy atom. The predicted molar refractivity (Wildman–Crippen MR) is 196 cm³/mol. The molecule has 4 fully saturated rings. The van der Waals surface area contributed by atoms with Crippen LogP contribution in [-0.2, 0) is 53.9 Å². The van der Waals surface area contributed by atoms with Gasteiger partial charge in [-0.1, -0.05) is 12.1 Å². The van der Waals surface area contributed by atoms with Crippen molar-refractivity contribution in [3.05, 3.63) is 75.4 Å². The van der Waals surface area contributed by atoms with Crippen molar-refractivity contribution < 1.29 is 67.0 Å². The molecule has 0 saturated carbocycles. The summed E-state index contributed by atoms with van der Waals surface area (Å²) in [7, 11) is 0. The maximum Gasteiger partial charge on any atom is 0.198 e. The maximum absolute atomic E-state index is 14.2. The first-order valence-corrected chi connectivity index (χ1v) is 19.8. The maximum atomic E-state index is 14.2. The van der Waals surface area contributed by atoms with Gasteiger partial charge in [0.1, 0.15) is 30.2 Å². The number of phenolic OH excluding ortho intramolecular Hbond substituents is 1. The highest BCUT2D eigenvalue weighted by Gasteiger charge is 2.51. The molecule has 5 aliphatic heterocycles. The third-order valence-corrected chi connectivity index (χ3v) is 12.4. The van der Waals surface area contributed by atoms with Crippen LogP contribution >= 0.6 is 0 Å². The molecule has 0 radical (unpaired) electrons. The van der Waals surface area contributed by atoms with Crippen molar-refractivity contribution in [2.75, 3.05) is 0 Å². The van der Waals surface area contributed by atoms with Crippen LogP contribution in [0, 0.1) is 0 Å². The fourth-order valence-electron chi connectivity index (χ4n) is 9.46. The molecule has 1 N–H and O–H groups in total. The fraction of sp³-hybridized carbons (Fsp3) is 0.558. The van der Waals surface area contributed by atoms with Gasteiger partial charge in [0, 0.05) is 59.9 Å². The number of hydrogen-bond acceptors (Lipinski definition) is 14. The van der Waals surface area contributed by atoms with Crippen molar-refractivity contribution in [1.29, 1.82) is 0 Å². The highest BCUT2D eigenvalue weighted by molar-refractivity contribution is 6.32. The van der Waals surface area contributed by atoms with Gasteiger partial charge in [-0.05, 0) is 70.9 Å². The number of carbonyl (C=O) groups excluding carboxylic acids is 5. The van der Waals surface area contributed by atoms with Crippen LogP contribution in [0.4, 0.5) is 0 Å². The molecule has 14 heteroatoms. The SMILES string of the molecule is C[C@@H]1O[C@@H](O[C@H]2CC[C@H](O[C@@]3(C)CC(=O)c4c(ccc5c4C(=O)c4ccc([C@H]6C[C@@H]7O[C@H]8CC(=O)[C@H](C)O[C@H]8O[C@@H]7[C@@H](C)O6)c(O)c4C5=O)C3)O[C@H]2C)C=CC1=O. The molecule has 5 heterocycles. The van der Waals surface area contributed by atoms with Crippen molar-refractivity contribution in [3.8, 4) is 5.75 Å². The summed E-state index contributed by atoms with van der Waals surface area (Å²) in [6, 6.07) is 6.31. The number of Topliss-reactive ketones (excluding diaryl/α,β-unsaturated/α-hetero) is 2. The molecule has 0 unspecified atom stereocenters. The van der Waals surface area contributed by atoms with Crippen molar-refractivity contribution in [2.24, 2.45) is 0 Å². The van der Waals surface area contributed by atoms with Gasteiger partial charge in [-0.3, -0.25) is 24.0 Å². The van der Waals surface area contributed by atoms with E-state index in [1.165, 1.54) is 12.1 Å². The first-order valence-electron chi connectivity index (χ1n) is 19.8. The molecule has 14 nitrogen and oxygen atoms in total. The van der Waals surface area contributed by atoms with E-state index in [1.807, 2.05) is 20.8 Å². The van der Waals surface area contributed by atoms with Crippen molar-refractivity contribution in [3.63, 3.8) is 0 Å². The molecule has 2 aliphatic carbocycles. The molecular weight excluding hydrogens is 740 g/mol. The molecule has 0 spiro atoms. The quantitative estimate of drug-likeness (QED) is 0.381. The zero-order chi connectivity index (χ0) is 40.1. The molecule has 13 atom stereocenters. The monoisotopic (exact) mass is 786 g/mol. The second kappa shape index (κ2) is 14.4. The first-order chi connectivity index (χ1) is 27.2. The number of phenols is 1. The van der Waals surface area contributed by atoms with Crippen LogP contribution in [0.3, 0.4) is 0 Å². The second-order valence-corrected chi connectivity index (χ2v) is 16.6. The van der Waals surface area contributed by atoms with Crippen LogP contribution in [0.15, 0.2) is 36.4 Å². The average Bonchev–Trinajstić information content (AvgIpc) is 3.15. The number of rotatable bonds is 5. The van der Waals surface area contributed by atoms with Crippen LogP contribution in [0.25, 0.3) is 0 Å². The summed E-state index contributed by atoms with van der Waals surface area (Å²) in [5.74, 6) is -1.96. The van der Waals surface area contributed by atoms with Crippen molar-refractivity contribution in [1.82, 2.24) is 0 Å². The molecular formula is C43H46O14. The van der Waals surface area contributed by atoms with Crippen molar-refractivity contribution in [2.45, 2.75) is 153 Å². The van der Waals surface area contributed by atoms with E-state index in [0.29, 0.717) is 30.4 Å². The van der Waals surface area contributed by atoms with E-state index in [1.54, 1.807) is 38.1 Å². The minimum atomic E-state index is -0.948. The molecule has 0 bridgehead atoms. The Balaban J connectivity index is 0.902. The topological polar surface area (TPSA) is 179 Å². The van der Waals surface area contributed by atoms with Crippen LogP contribution in [0.2, 0.25) is 0 Å². The van der Waals surface area contributed by atoms with E-state index in [-0.39, 0.29) is 82.4 Å². The largest absolute Gasteiger partial charge is 0.507 e. The van der Waals surface area contributed by atoms with Crippen LogP contribution in [0.1, 0.15) is 126 Å². The number of aromatic hydroxyl groups is 1. The summed E-state index contributed by atoms with van der Waals surface area (Å²) in [6.45, 7) is 8.91. The van der Waals surface area contributed by atoms with E-state index in [2.05, 4.69) is 0 Å². The summed E-state index contributed by atoms with van der Waals surface area (Å²) in [6.07, 6.45) is -1.61. The molecule has 0 aromatic heterocycles. The number of benzene rings is 2. The Morgan fingerprint density at radius 1 is 0.754 bits per heavy atom. The van der Waals surface area contributed by atoms with Gasteiger partial charge in [0.2, 0.25) is 0 Å². The summed E-state index contributed by atoms with van der Waals surface area (Å²) >= 11 is 0. The number of ether oxygens (including phenoxy) is 8. The third-order valence-electron chi connectivity index (χ3n) is 12.4. The van der Waals surface area contributed by atoms with Crippen molar-refractivity contribution >= 4 is 28.9 Å². The number of carbonyl (C=O) groups is 5. The lowest BCUT2D eigenvalue weighted by molar-refractivity contribution is -0.347. The molecule has 7 aliphatic rings. The number of fused-ring (bicyclic) bond motifs is 6. The Kier molecular flexibility index (Phi) is 9.72. The van der Waals surface area contributed by atoms with Gasteiger partial charge in [0.25, 0.3) is 0 Å². The lowest BCUT2D eigenvalue weighted by Gasteiger charge is -2.49. The predicted octanol–water partition coefficient (Wildman–Crippen LogP) is 4.56. The van der Waals surface area contributed by atoms with E-state index < -0.39 is 78.8 Å². The van der Waals surface area contributed by atoms with Gasteiger partial charge < -0.3 is 43.0 Å². The number of ketones is 5. The van der Waals surface area contributed by atoms with E-state index in [9.17, 15) is 29.1 Å². The lowest BCUT2D eigenvalue weighted by Crippen LogP contribution is -2.60. The first kappa shape index (κ1) is 38.5. The van der Waals surface area contributed by atoms with Gasteiger partial charge >= 0.3 is 0 Å². The minimum Gasteiger partial charge on any atom is -0.507 e. The van der Waals surface area contributed by atoms with Crippen LogP contribution < -0.4 is 0 Å². The summed E-state index contributed by atoms with van der Waals surface area (Å²) in [5, 5.41) is 11.7. The zero-order valence-electron chi connectivity index (χ0n) is 32.4. The van der Waals surface area contributed by atoms with E-state index >= 15 is 0 Å². The smallest absolute Gasteiger partial charge is 0.198 e. The zero-order valence-corrected chi connectivity index (χ0v) is 32.4. The normalized spacial score (nSPS) is 38.9.